The average molecular weight is 398 g/mol. The second-order valence-electron chi connectivity index (χ2n) is 8.30. The molecule has 5 nitrogen and oxygen atoms in total. The lowest BCUT2D eigenvalue weighted by Crippen LogP contribution is -2.32. The molecule has 1 saturated carbocycles. The highest BCUT2D eigenvalue weighted by molar-refractivity contribution is 6.22. The zero-order chi connectivity index (χ0) is 20.8. The number of hydrogen-bond donors (Lipinski definition) is 1. The van der Waals surface area contributed by atoms with Crippen molar-refractivity contribution in [2.24, 2.45) is 23.7 Å². The van der Waals surface area contributed by atoms with E-state index in [1.54, 1.807) is 24.3 Å². The molecule has 0 unspecified atom stereocenters. The number of carbonyl (C=O) groups is 3. The third-order valence-electron chi connectivity index (χ3n) is 6.35. The molecule has 2 fully saturated rings. The van der Waals surface area contributed by atoms with Gasteiger partial charge in [0.1, 0.15) is 0 Å². The van der Waals surface area contributed by atoms with Crippen molar-refractivity contribution in [2.75, 3.05) is 10.2 Å². The number of allylic oxidation sites excluding steroid dienone is 2. The Balaban J connectivity index is 1.32. The molecule has 3 aliphatic rings. The van der Waals surface area contributed by atoms with Crippen molar-refractivity contribution < 1.29 is 14.4 Å². The van der Waals surface area contributed by atoms with Gasteiger partial charge in [0.05, 0.1) is 17.5 Å². The zero-order valence-corrected chi connectivity index (χ0v) is 16.6. The van der Waals surface area contributed by atoms with Crippen molar-refractivity contribution in [1.82, 2.24) is 0 Å². The number of anilines is 2. The molecule has 1 saturated heterocycles. The van der Waals surface area contributed by atoms with E-state index in [2.05, 4.69) is 17.5 Å². The van der Waals surface area contributed by atoms with Crippen LogP contribution in [0.2, 0.25) is 0 Å². The summed E-state index contributed by atoms with van der Waals surface area (Å²) in [5.74, 6) is -0.487. The molecule has 2 aliphatic carbocycles. The fraction of sp³-hybridized carbons (Fsp3) is 0.240. The fourth-order valence-corrected chi connectivity index (χ4v) is 4.92. The maximum Gasteiger partial charge on any atom is 0.248 e. The van der Waals surface area contributed by atoms with Crippen LogP contribution in [0.4, 0.5) is 11.4 Å². The zero-order valence-electron chi connectivity index (χ0n) is 16.6. The average Bonchev–Trinajstić information content (AvgIpc) is 3.42. The number of amides is 3. The molecule has 0 spiro atoms. The lowest BCUT2D eigenvalue weighted by Gasteiger charge is -2.17. The highest BCUT2D eigenvalue weighted by Crippen LogP contribution is 2.53. The number of imide groups is 1. The summed E-state index contributed by atoms with van der Waals surface area (Å²) in [6.45, 7) is 1.99. The molecule has 150 valence electrons. The minimum Gasteiger partial charge on any atom is -0.323 e. The third-order valence-corrected chi connectivity index (χ3v) is 6.35. The molecular weight excluding hydrogens is 376 g/mol. The first-order valence-electron chi connectivity index (χ1n) is 10.2. The molecule has 3 amide bonds. The van der Waals surface area contributed by atoms with E-state index in [0.29, 0.717) is 5.69 Å². The van der Waals surface area contributed by atoms with Crippen LogP contribution in [0.15, 0.2) is 66.8 Å². The molecule has 1 N–H and O–H groups in total. The summed E-state index contributed by atoms with van der Waals surface area (Å²) in [5, 5.41) is 2.82. The number of aryl methyl sites for hydroxylation is 1. The predicted octanol–water partition coefficient (Wildman–Crippen LogP) is 3.96. The summed E-state index contributed by atoms with van der Waals surface area (Å²) >= 11 is 0. The standard InChI is InChI=1S/C25H22N2O3/c1-15-5-10-19(11-6-15)26-21(28)12-7-16-3-2-4-20(13-16)27-24(29)22-17-8-9-18(14-17)23(22)25(27)30/h2-13,17-18,22-23H,14H2,1H3,(H,26,28)/b12-7+/t17-,18-,22-,23+/m0/s1. The van der Waals surface area contributed by atoms with Gasteiger partial charge in [-0.25, -0.2) is 4.90 Å². The van der Waals surface area contributed by atoms with E-state index in [1.807, 2.05) is 37.3 Å². The first kappa shape index (κ1) is 18.6. The summed E-state index contributed by atoms with van der Waals surface area (Å²) in [6.07, 6.45) is 8.23. The molecular formula is C25H22N2O3. The van der Waals surface area contributed by atoms with Crippen LogP contribution < -0.4 is 10.2 Å². The van der Waals surface area contributed by atoms with Gasteiger partial charge < -0.3 is 5.32 Å². The molecule has 0 aromatic heterocycles. The summed E-state index contributed by atoms with van der Waals surface area (Å²) in [5.41, 5.74) is 3.18. The van der Waals surface area contributed by atoms with Crippen LogP contribution in [0, 0.1) is 30.6 Å². The van der Waals surface area contributed by atoms with Gasteiger partial charge in [-0.3, -0.25) is 14.4 Å². The number of carbonyl (C=O) groups excluding carboxylic acids is 3. The Kier molecular flexibility index (Phi) is 4.39. The van der Waals surface area contributed by atoms with E-state index in [9.17, 15) is 14.4 Å². The predicted molar refractivity (Wildman–Crippen MR) is 115 cm³/mol. The molecule has 5 heteroatoms. The SMILES string of the molecule is Cc1ccc(NC(=O)/C=C/c2cccc(N3C(=O)[C@@H]4[C@H](C3=O)[C@H]3C=C[C@H]4C3)c2)cc1. The number of benzene rings is 2. The Morgan fingerprint density at radius 2 is 1.67 bits per heavy atom. The second-order valence-corrected chi connectivity index (χ2v) is 8.30. The molecule has 5 rings (SSSR count). The van der Waals surface area contributed by atoms with Crippen LogP contribution in [0.25, 0.3) is 6.08 Å². The lowest BCUT2D eigenvalue weighted by molar-refractivity contribution is -0.123. The van der Waals surface area contributed by atoms with Gasteiger partial charge in [-0.2, -0.15) is 0 Å². The topological polar surface area (TPSA) is 66.5 Å². The molecule has 2 aromatic carbocycles. The molecule has 30 heavy (non-hydrogen) atoms. The van der Waals surface area contributed by atoms with Crippen LogP contribution in [-0.4, -0.2) is 17.7 Å². The van der Waals surface area contributed by atoms with Crippen molar-refractivity contribution in [3.05, 3.63) is 77.9 Å². The minimum atomic E-state index is -0.241. The van der Waals surface area contributed by atoms with Crippen LogP contribution >= 0.6 is 0 Å². The maximum absolute atomic E-state index is 13.0. The van der Waals surface area contributed by atoms with Crippen LogP contribution in [0.3, 0.4) is 0 Å². The molecule has 0 radical (unpaired) electrons. The molecule has 2 aromatic rings. The Bertz CT molecular complexity index is 1070. The van der Waals surface area contributed by atoms with Crippen molar-refractivity contribution in [3.63, 3.8) is 0 Å². The largest absolute Gasteiger partial charge is 0.323 e. The van der Waals surface area contributed by atoms with Crippen LogP contribution in [0.5, 0.6) is 0 Å². The number of nitrogens with zero attached hydrogens (tertiary/aromatic N) is 1. The first-order chi connectivity index (χ1) is 14.5. The van der Waals surface area contributed by atoms with Gasteiger partial charge in [0.25, 0.3) is 0 Å². The van der Waals surface area contributed by atoms with Crippen LogP contribution in [-0.2, 0) is 14.4 Å². The lowest BCUT2D eigenvalue weighted by atomic mass is 9.85. The van der Waals surface area contributed by atoms with Crippen molar-refractivity contribution in [3.8, 4) is 0 Å². The van der Waals surface area contributed by atoms with Gasteiger partial charge in [0.15, 0.2) is 0 Å². The molecule has 1 aliphatic heterocycles. The first-order valence-corrected chi connectivity index (χ1v) is 10.2. The molecule has 1 heterocycles. The van der Waals surface area contributed by atoms with Gasteiger partial charge in [0.2, 0.25) is 17.7 Å². The van der Waals surface area contributed by atoms with E-state index in [4.69, 9.17) is 0 Å². The van der Waals surface area contributed by atoms with E-state index < -0.39 is 0 Å². The van der Waals surface area contributed by atoms with Gasteiger partial charge in [0, 0.05) is 11.8 Å². The van der Waals surface area contributed by atoms with E-state index in [1.165, 1.54) is 11.0 Å². The van der Waals surface area contributed by atoms with Crippen molar-refractivity contribution in [1.29, 1.82) is 0 Å². The van der Waals surface area contributed by atoms with Crippen LogP contribution in [0.1, 0.15) is 17.5 Å². The summed E-state index contributed by atoms with van der Waals surface area (Å²) in [7, 11) is 0. The Labute approximate surface area is 175 Å². The van der Waals surface area contributed by atoms with E-state index in [-0.39, 0.29) is 41.4 Å². The van der Waals surface area contributed by atoms with E-state index >= 15 is 0 Å². The Morgan fingerprint density at radius 1 is 1.00 bits per heavy atom. The highest BCUT2D eigenvalue weighted by Gasteiger charge is 2.59. The third kappa shape index (κ3) is 3.07. The smallest absolute Gasteiger partial charge is 0.248 e. The van der Waals surface area contributed by atoms with Crippen molar-refractivity contribution in [2.45, 2.75) is 13.3 Å². The molecule has 2 bridgehead atoms. The highest BCUT2D eigenvalue weighted by atomic mass is 16.2. The second kappa shape index (κ2) is 7.10. The van der Waals surface area contributed by atoms with Gasteiger partial charge in [-0.15, -0.1) is 0 Å². The Hall–Kier alpha value is -3.47. The normalized spacial score (nSPS) is 26.6. The minimum absolute atomic E-state index is 0.0971. The molecule has 4 atom stereocenters. The fourth-order valence-electron chi connectivity index (χ4n) is 4.92. The summed E-state index contributed by atoms with van der Waals surface area (Å²) in [4.78, 5) is 39.5. The Morgan fingerprint density at radius 3 is 2.33 bits per heavy atom. The summed E-state index contributed by atoms with van der Waals surface area (Å²) < 4.78 is 0. The van der Waals surface area contributed by atoms with Gasteiger partial charge >= 0.3 is 0 Å². The number of nitrogens with one attached hydrogen (secondary N) is 1. The van der Waals surface area contributed by atoms with E-state index in [0.717, 1.165) is 23.2 Å². The number of fused-ring (bicyclic) bond motifs is 5. The van der Waals surface area contributed by atoms with Crippen molar-refractivity contribution >= 4 is 35.2 Å². The summed E-state index contributed by atoms with van der Waals surface area (Å²) in [6, 6.07) is 14.8. The van der Waals surface area contributed by atoms with Gasteiger partial charge in [-0.05, 0) is 61.1 Å². The maximum atomic E-state index is 13.0. The number of rotatable bonds is 4. The van der Waals surface area contributed by atoms with Gasteiger partial charge in [-0.1, -0.05) is 42.0 Å². The quantitative estimate of drug-likeness (QED) is 0.482. The monoisotopic (exact) mass is 398 g/mol. The number of hydrogen-bond acceptors (Lipinski definition) is 3.